The summed E-state index contributed by atoms with van der Waals surface area (Å²) in [6.07, 6.45) is 1.17. The standard InChI is InChI=1S/C24H31FN2O3/c1-23(2)16-30-22(26-23)17-6-11-21(18(14-17)15-28)24(29,12-5-13-27(3)4)19-7-9-20(25)10-8-19/h6-11,14,28-29H,5,12-13,15-16H2,1-4H3/t24-/m0/s1. The lowest BCUT2D eigenvalue weighted by molar-refractivity contribution is 0.0640. The SMILES string of the molecule is CN(C)CCC[C@](O)(c1ccc(F)cc1)c1ccc(C2=NC(C)(C)CO2)cc1CO. The van der Waals surface area contributed by atoms with Crippen LogP contribution in [0.5, 0.6) is 0 Å². The summed E-state index contributed by atoms with van der Waals surface area (Å²) in [6.45, 7) is 5.06. The lowest BCUT2D eigenvalue weighted by atomic mass is 9.80. The number of nitrogens with zero attached hydrogens (tertiary/aromatic N) is 2. The maximum absolute atomic E-state index is 13.5. The Kier molecular flexibility index (Phi) is 6.60. The van der Waals surface area contributed by atoms with E-state index in [-0.39, 0.29) is 18.0 Å². The van der Waals surface area contributed by atoms with Crippen molar-refractivity contribution < 1.29 is 19.3 Å². The van der Waals surface area contributed by atoms with Gasteiger partial charge in [-0.15, -0.1) is 0 Å². The Balaban J connectivity index is 2.03. The van der Waals surface area contributed by atoms with Crippen LogP contribution in [0.15, 0.2) is 47.5 Å². The molecule has 0 aromatic heterocycles. The zero-order valence-corrected chi connectivity index (χ0v) is 18.2. The Morgan fingerprint density at radius 3 is 2.43 bits per heavy atom. The molecule has 1 heterocycles. The molecule has 0 unspecified atom stereocenters. The van der Waals surface area contributed by atoms with Crippen molar-refractivity contribution in [2.24, 2.45) is 4.99 Å². The van der Waals surface area contributed by atoms with Gasteiger partial charge in [-0.25, -0.2) is 9.38 Å². The first kappa shape index (κ1) is 22.4. The molecule has 2 N–H and O–H groups in total. The van der Waals surface area contributed by atoms with Crippen molar-refractivity contribution in [1.82, 2.24) is 4.90 Å². The molecule has 0 fully saturated rings. The summed E-state index contributed by atoms with van der Waals surface area (Å²) in [5, 5.41) is 21.9. The second-order valence-corrected chi connectivity index (χ2v) is 8.82. The molecule has 2 aromatic carbocycles. The third kappa shape index (κ3) is 4.89. The van der Waals surface area contributed by atoms with E-state index in [1.165, 1.54) is 12.1 Å². The Labute approximate surface area is 177 Å². The van der Waals surface area contributed by atoms with Crippen molar-refractivity contribution in [3.63, 3.8) is 0 Å². The van der Waals surface area contributed by atoms with Gasteiger partial charge in [-0.1, -0.05) is 18.2 Å². The van der Waals surface area contributed by atoms with Crippen molar-refractivity contribution in [1.29, 1.82) is 0 Å². The highest BCUT2D eigenvalue weighted by atomic mass is 19.1. The topological polar surface area (TPSA) is 65.3 Å². The summed E-state index contributed by atoms with van der Waals surface area (Å²) in [4.78, 5) is 6.65. The molecule has 1 aliphatic rings. The molecule has 5 nitrogen and oxygen atoms in total. The van der Waals surface area contributed by atoms with Gasteiger partial charge >= 0.3 is 0 Å². The van der Waals surface area contributed by atoms with E-state index in [4.69, 9.17) is 4.74 Å². The van der Waals surface area contributed by atoms with Crippen molar-refractivity contribution >= 4 is 5.90 Å². The van der Waals surface area contributed by atoms with Gasteiger partial charge in [0.25, 0.3) is 0 Å². The number of halogens is 1. The highest BCUT2D eigenvalue weighted by Crippen LogP contribution is 2.37. The molecule has 2 aromatic rings. The van der Waals surface area contributed by atoms with Gasteiger partial charge in [-0.2, -0.15) is 0 Å². The molecular weight excluding hydrogens is 383 g/mol. The first-order valence-electron chi connectivity index (χ1n) is 10.2. The van der Waals surface area contributed by atoms with E-state index in [1.54, 1.807) is 12.1 Å². The third-order valence-electron chi connectivity index (χ3n) is 5.40. The smallest absolute Gasteiger partial charge is 0.216 e. The largest absolute Gasteiger partial charge is 0.475 e. The molecule has 0 bridgehead atoms. The van der Waals surface area contributed by atoms with E-state index in [9.17, 15) is 14.6 Å². The molecule has 0 spiro atoms. The summed E-state index contributed by atoms with van der Waals surface area (Å²) in [5.41, 5.74) is 0.938. The minimum atomic E-state index is -1.35. The molecule has 1 atom stereocenters. The number of aliphatic hydroxyl groups excluding tert-OH is 1. The number of aliphatic imine (C=N–C) groups is 1. The summed E-state index contributed by atoms with van der Waals surface area (Å²) < 4.78 is 19.2. The van der Waals surface area contributed by atoms with Gasteiger partial charge in [0, 0.05) is 5.56 Å². The molecule has 30 heavy (non-hydrogen) atoms. The summed E-state index contributed by atoms with van der Waals surface area (Å²) in [6, 6.07) is 11.4. The van der Waals surface area contributed by atoms with Crippen LogP contribution in [0.2, 0.25) is 0 Å². The Bertz CT molecular complexity index is 909. The fourth-order valence-electron chi connectivity index (χ4n) is 3.80. The van der Waals surface area contributed by atoms with Crippen LogP contribution in [-0.4, -0.2) is 53.8 Å². The van der Waals surface area contributed by atoms with Crippen molar-refractivity contribution in [2.45, 2.75) is 44.4 Å². The van der Waals surface area contributed by atoms with E-state index >= 15 is 0 Å². The van der Waals surface area contributed by atoms with Crippen molar-refractivity contribution in [2.75, 3.05) is 27.2 Å². The highest BCUT2D eigenvalue weighted by Gasteiger charge is 2.34. The monoisotopic (exact) mass is 414 g/mol. The quantitative estimate of drug-likeness (QED) is 0.694. The molecule has 6 heteroatoms. The number of rotatable bonds is 8. The van der Waals surface area contributed by atoms with Crippen LogP contribution in [0.25, 0.3) is 0 Å². The van der Waals surface area contributed by atoms with Crippen LogP contribution >= 0.6 is 0 Å². The van der Waals surface area contributed by atoms with E-state index in [2.05, 4.69) is 9.89 Å². The molecule has 1 aliphatic heterocycles. The molecule has 0 aliphatic carbocycles. The average molecular weight is 415 g/mol. The van der Waals surface area contributed by atoms with Crippen LogP contribution in [-0.2, 0) is 16.9 Å². The van der Waals surface area contributed by atoms with E-state index in [0.29, 0.717) is 35.6 Å². The first-order valence-corrected chi connectivity index (χ1v) is 10.2. The predicted molar refractivity (Wildman–Crippen MR) is 116 cm³/mol. The van der Waals surface area contributed by atoms with Crippen LogP contribution < -0.4 is 0 Å². The van der Waals surface area contributed by atoms with Gasteiger partial charge in [-0.3, -0.25) is 0 Å². The molecule has 162 valence electrons. The fourth-order valence-corrected chi connectivity index (χ4v) is 3.80. The maximum atomic E-state index is 13.5. The lowest BCUT2D eigenvalue weighted by Crippen LogP contribution is -2.30. The minimum Gasteiger partial charge on any atom is -0.475 e. The van der Waals surface area contributed by atoms with Crippen LogP contribution in [0, 0.1) is 5.82 Å². The minimum absolute atomic E-state index is 0.239. The van der Waals surface area contributed by atoms with Crippen LogP contribution in [0.4, 0.5) is 4.39 Å². The van der Waals surface area contributed by atoms with Crippen molar-refractivity contribution in [3.05, 3.63) is 70.5 Å². The third-order valence-corrected chi connectivity index (χ3v) is 5.40. The van der Waals surface area contributed by atoms with E-state index in [1.807, 2.05) is 46.1 Å². The first-order chi connectivity index (χ1) is 14.1. The maximum Gasteiger partial charge on any atom is 0.216 e. The molecule has 3 rings (SSSR count). The lowest BCUT2D eigenvalue weighted by Gasteiger charge is -2.32. The number of ether oxygens (including phenoxy) is 1. The number of hydrogen-bond donors (Lipinski definition) is 2. The second kappa shape index (κ2) is 8.84. The van der Waals surface area contributed by atoms with Gasteiger partial charge in [0.15, 0.2) is 0 Å². The fraction of sp³-hybridized carbons (Fsp3) is 0.458. The van der Waals surface area contributed by atoms with Crippen LogP contribution in [0.1, 0.15) is 48.9 Å². The van der Waals surface area contributed by atoms with Gasteiger partial charge in [0.05, 0.1) is 12.1 Å². The van der Waals surface area contributed by atoms with Gasteiger partial charge in [0.2, 0.25) is 5.90 Å². The second-order valence-electron chi connectivity index (χ2n) is 8.82. The number of benzene rings is 2. The van der Waals surface area contributed by atoms with Gasteiger partial charge in [-0.05, 0) is 88.3 Å². The predicted octanol–water partition coefficient (Wildman–Crippen LogP) is 3.45. The van der Waals surface area contributed by atoms with Crippen LogP contribution in [0.3, 0.4) is 0 Å². The van der Waals surface area contributed by atoms with E-state index in [0.717, 1.165) is 18.5 Å². The highest BCUT2D eigenvalue weighted by molar-refractivity contribution is 5.95. The zero-order chi connectivity index (χ0) is 21.9. The molecule has 0 radical (unpaired) electrons. The van der Waals surface area contributed by atoms with Gasteiger partial charge in [0.1, 0.15) is 18.0 Å². The molecule has 0 saturated carbocycles. The number of aliphatic hydroxyl groups is 2. The molecule has 0 amide bonds. The van der Waals surface area contributed by atoms with E-state index < -0.39 is 5.60 Å². The zero-order valence-electron chi connectivity index (χ0n) is 18.2. The van der Waals surface area contributed by atoms with Gasteiger partial charge < -0.3 is 19.8 Å². The summed E-state index contributed by atoms with van der Waals surface area (Å²) >= 11 is 0. The summed E-state index contributed by atoms with van der Waals surface area (Å²) in [7, 11) is 3.96. The normalized spacial score (nSPS) is 17.5. The Hall–Kier alpha value is -2.28. The molecule has 0 saturated heterocycles. The van der Waals surface area contributed by atoms with Crippen molar-refractivity contribution in [3.8, 4) is 0 Å². The summed E-state index contributed by atoms with van der Waals surface area (Å²) in [5.74, 6) is 0.185. The molecular formula is C24H31FN2O3. The Morgan fingerprint density at radius 2 is 1.87 bits per heavy atom. The Morgan fingerprint density at radius 1 is 1.17 bits per heavy atom. The number of hydrogen-bond acceptors (Lipinski definition) is 5. The average Bonchev–Trinajstić information content (AvgIpc) is 3.07.